The molecule has 0 unspecified atom stereocenters. The van der Waals surface area contributed by atoms with Crippen LogP contribution in [0.4, 0.5) is 4.39 Å². The van der Waals surface area contributed by atoms with Crippen molar-refractivity contribution in [2.45, 2.75) is 6.42 Å². The summed E-state index contributed by atoms with van der Waals surface area (Å²) in [6, 6.07) is 6.43. The first-order valence-corrected chi connectivity index (χ1v) is 4.57. The fraction of sp³-hybridized carbons (Fsp3) is 0.273. The third-order valence-electron chi connectivity index (χ3n) is 1.90. The molecule has 0 heterocycles. The summed E-state index contributed by atoms with van der Waals surface area (Å²) in [5, 5.41) is 2.54. The lowest BCUT2D eigenvalue weighted by molar-refractivity contribution is -0.119. The molecule has 0 atom stereocenters. The number of amides is 1. The Labute approximate surface area is 87.7 Å². The Morgan fingerprint density at radius 1 is 1.47 bits per heavy atom. The molecule has 0 saturated carbocycles. The predicted octanol–water partition coefficient (Wildman–Crippen LogP) is 1.40. The number of benzene rings is 1. The molecule has 0 bridgehead atoms. The average Bonchev–Trinajstić information content (AvgIpc) is 2.21. The molecule has 0 aliphatic heterocycles. The van der Waals surface area contributed by atoms with Crippen molar-refractivity contribution in [3.8, 4) is 0 Å². The first kappa shape index (κ1) is 11.2. The minimum Gasteiger partial charge on any atom is -0.349 e. The highest BCUT2D eigenvalue weighted by molar-refractivity contribution is 5.79. The van der Waals surface area contributed by atoms with Gasteiger partial charge in [0.1, 0.15) is 5.82 Å². The number of nitrogens with zero attached hydrogens (tertiary/aromatic N) is 1. The Bertz CT molecular complexity index is 384. The van der Waals surface area contributed by atoms with Gasteiger partial charge in [-0.3, -0.25) is 4.79 Å². The van der Waals surface area contributed by atoms with Gasteiger partial charge in [0.05, 0.1) is 0 Å². The highest BCUT2D eigenvalue weighted by Gasteiger charge is 2.04. The highest BCUT2D eigenvalue weighted by Crippen LogP contribution is 2.05. The summed E-state index contributed by atoms with van der Waals surface area (Å²) in [6.07, 6.45) is 0.441. The quantitative estimate of drug-likeness (QED) is 0.742. The van der Waals surface area contributed by atoms with E-state index in [0.29, 0.717) is 18.5 Å². The summed E-state index contributed by atoms with van der Waals surface area (Å²) in [5.41, 5.74) is 0.570. The Hall–Kier alpha value is -1.89. The summed E-state index contributed by atoms with van der Waals surface area (Å²) in [6.45, 7) is 6.66. The van der Waals surface area contributed by atoms with E-state index in [1.807, 2.05) is 0 Å². The van der Waals surface area contributed by atoms with Gasteiger partial charge in [0.15, 0.2) is 0 Å². The van der Waals surface area contributed by atoms with Crippen molar-refractivity contribution in [2.75, 3.05) is 13.1 Å². The molecular formula is C11H11FN2O. The van der Waals surface area contributed by atoms with Crippen LogP contribution in [0.15, 0.2) is 24.3 Å². The number of rotatable bonds is 4. The molecule has 1 rings (SSSR count). The molecule has 1 aromatic rings. The number of carbonyl (C=O) groups is 1. The van der Waals surface area contributed by atoms with Gasteiger partial charge >= 0.3 is 0 Å². The lowest BCUT2D eigenvalue weighted by Gasteiger charge is -2.03. The summed E-state index contributed by atoms with van der Waals surface area (Å²) in [7, 11) is 0. The van der Waals surface area contributed by atoms with E-state index in [1.165, 1.54) is 6.07 Å². The van der Waals surface area contributed by atoms with Gasteiger partial charge in [0.25, 0.3) is 12.5 Å². The Balaban J connectivity index is 2.36. The molecule has 1 aromatic carbocycles. The standard InChI is InChI=1S/C11H11FN2O/c1-13-8-11(15)14-7-6-9-4-2-3-5-10(9)12/h2-5H,6-8H2,(H,14,15). The predicted molar refractivity (Wildman–Crippen MR) is 54.6 cm³/mol. The van der Waals surface area contributed by atoms with Crippen molar-refractivity contribution in [3.05, 3.63) is 47.1 Å². The van der Waals surface area contributed by atoms with Crippen LogP contribution >= 0.6 is 0 Å². The van der Waals surface area contributed by atoms with Crippen LogP contribution in [0.25, 0.3) is 4.85 Å². The Morgan fingerprint density at radius 2 is 2.20 bits per heavy atom. The van der Waals surface area contributed by atoms with E-state index in [9.17, 15) is 9.18 Å². The molecule has 1 N–H and O–H groups in total. The zero-order valence-electron chi connectivity index (χ0n) is 8.16. The molecule has 4 heteroatoms. The molecule has 0 saturated heterocycles. The summed E-state index contributed by atoms with van der Waals surface area (Å²) < 4.78 is 13.1. The second kappa shape index (κ2) is 5.76. The molecule has 78 valence electrons. The number of carbonyl (C=O) groups excluding carboxylic acids is 1. The first-order valence-electron chi connectivity index (χ1n) is 4.57. The zero-order valence-corrected chi connectivity index (χ0v) is 8.16. The van der Waals surface area contributed by atoms with Crippen LogP contribution in [-0.4, -0.2) is 19.0 Å². The van der Waals surface area contributed by atoms with Crippen molar-refractivity contribution < 1.29 is 9.18 Å². The zero-order chi connectivity index (χ0) is 11.1. The maximum Gasteiger partial charge on any atom is 0.300 e. The van der Waals surface area contributed by atoms with Crippen molar-refractivity contribution in [1.29, 1.82) is 0 Å². The van der Waals surface area contributed by atoms with E-state index >= 15 is 0 Å². The molecular weight excluding hydrogens is 195 g/mol. The molecule has 0 fully saturated rings. The van der Waals surface area contributed by atoms with Gasteiger partial charge < -0.3 is 10.2 Å². The third kappa shape index (κ3) is 3.77. The summed E-state index contributed by atoms with van der Waals surface area (Å²) in [5.74, 6) is -0.585. The highest BCUT2D eigenvalue weighted by atomic mass is 19.1. The molecule has 0 aromatic heterocycles. The van der Waals surface area contributed by atoms with Gasteiger partial charge in [-0.15, -0.1) is 0 Å². The minimum atomic E-state index is -0.318. The van der Waals surface area contributed by atoms with E-state index in [-0.39, 0.29) is 18.3 Å². The van der Waals surface area contributed by atoms with E-state index in [0.717, 1.165) is 0 Å². The SMILES string of the molecule is [C-]#[N+]CC(=O)NCCc1ccccc1F. The smallest absolute Gasteiger partial charge is 0.300 e. The van der Waals surface area contributed by atoms with E-state index in [1.54, 1.807) is 18.2 Å². The second-order valence-corrected chi connectivity index (χ2v) is 3.01. The first-order chi connectivity index (χ1) is 7.24. The van der Waals surface area contributed by atoms with Crippen LogP contribution in [0.1, 0.15) is 5.56 Å². The number of hydrogen-bond donors (Lipinski definition) is 1. The fourth-order valence-electron chi connectivity index (χ4n) is 1.17. The van der Waals surface area contributed by atoms with E-state index in [2.05, 4.69) is 10.2 Å². The molecule has 1 amide bonds. The van der Waals surface area contributed by atoms with Crippen molar-refractivity contribution >= 4 is 5.91 Å². The molecule has 0 radical (unpaired) electrons. The fourth-order valence-corrected chi connectivity index (χ4v) is 1.17. The third-order valence-corrected chi connectivity index (χ3v) is 1.90. The lowest BCUT2D eigenvalue weighted by Crippen LogP contribution is -2.27. The van der Waals surface area contributed by atoms with Crippen LogP contribution in [0.3, 0.4) is 0 Å². The van der Waals surface area contributed by atoms with Crippen LogP contribution in [-0.2, 0) is 11.2 Å². The largest absolute Gasteiger partial charge is 0.349 e. The van der Waals surface area contributed by atoms with E-state index in [4.69, 9.17) is 6.57 Å². The van der Waals surface area contributed by atoms with Gasteiger partial charge in [-0.05, 0) is 18.1 Å². The molecule has 0 spiro atoms. The molecule has 0 aliphatic rings. The minimum absolute atomic E-state index is 0.169. The normalized spacial score (nSPS) is 9.33. The van der Waals surface area contributed by atoms with Crippen LogP contribution < -0.4 is 5.32 Å². The monoisotopic (exact) mass is 206 g/mol. The Kier molecular flexibility index (Phi) is 4.30. The number of halogens is 1. The van der Waals surface area contributed by atoms with E-state index < -0.39 is 0 Å². The summed E-state index contributed by atoms with van der Waals surface area (Å²) in [4.78, 5) is 13.8. The maximum atomic E-state index is 13.1. The lowest BCUT2D eigenvalue weighted by atomic mass is 10.1. The molecule has 15 heavy (non-hydrogen) atoms. The second-order valence-electron chi connectivity index (χ2n) is 3.01. The topological polar surface area (TPSA) is 33.5 Å². The van der Waals surface area contributed by atoms with Crippen molar-refractivity contribution in [2.24, 2.45) is 0 Å². The Morgan fingerprint density at radius 3 is 2.87 bits per heavy atom. The van der Waals surface area contributed by atoms with Gasteiger partial charge in [-0.1, -0.05) is 18.2 Å². The summed E-state index contributed by atoms with van der Waals surface area (Å²) >= 11 is 0. The van der Waals surface area contributed by atoms with Crippen LogP contribution in [0, 0.1) is 12.4 Å². The van der Waals surface area contributed by atoms with Gasteiger partial charge in [0.2, 0.25) is 0 Å². The van der Waals surface area contributed by atoms with Crippen molar-refractivity contribution in [3.63, 3.8) is 0 Å². The molecule has 0 aliphatic carbocycles. The average molecular weight is 206 g/mol. The van der Waals surface area contributed by atoms with Gasteiger partial charge in [0, 0.05) is 6.54 Å². The van der Waals surface area contributed by atoms with Crippen molar-refractivity contribution in [1.82, 2.24) is 5.32 Å². The number of nitrogens with one attached hydrogen (secondary N) is 1. The number of hydrogen-bond acceptors (Lipinski definition) is 1. The molecule has 3 nitrogen and oxygen atoms in total. The van der Waals surface area contributed by atoms with Crippen LogP contribution in [0.2, 0.25) is 0 Å². The van der Waals surface area contributed by atoms with Gasteiger partial charge in [-0.25, -0.2) is 11.0 Å². The van der Waals surface area contributed by atoms with Gasteiger partial charge in [-0.2, -0.15) is 0 Å². The van der Waals surface area contributed by atoms with Crippen LogP contribution in [0.5, 0.6) is 0 Å². The maximum absolute atomic E-state index is 13.1.